The van der Waals surface area contributed by atoms with Crippen LogP contribution >= 0.6 is 0 Å². The minimum atomic E-state index is -0.411. The Kier molecular flexibility index (Phi) is 7.48. The van der Waals surface area contributed by atoms with Crippen LogP contribution in [0.25, 0.3) is 6.08 Å². The van der Waals surface area contributed by atoms with Gasteiger partial charge in [-0.1, -0.05) is 6.07 Å². The first-order valence-corrected chi connectivity index (χ1v) is 10.6. The maximum atomic E-state index is 12.6. The Morgan fingerprint density at radius 3 is 2.81 bits per heavy atom. The fourth-order valence-electron chi connectivity index (χ4n) is 3.61. The first-order valence-electron chi connectivity index (χ1n) is 10.6. The van der Waals surface area contributed by atoms with E-state index < -0.39 is 5.91 Å². The van der Waals surface area contributed by atoms with Crippen molar-refractivity contribution >= 4 is 12.0 Å². The third-order valence-corrected chi connectivity index (χ3v) is 5.45. The molecule has 0 aromatic carbocycles. The summed E-state index contributed by atoms with van der Waals surface area (Å²) in [4.78, 5) is 16.8. The molecule has 1 atom stereocenters. The number of hydrogen-bond acceptors (Lipinski definition) is 5. The molecular formula is C24H30N4O3. The summed E-state index contributed by atoms with van der Waals surface area (Å²) < 4.78 is 13.0. The van der Waals surface area contributed by atoms with E-state index in [1.165, 1.54) is 12.8 Å². The molecule has 0 bridgehead atoms. The largest absolute Gasteiger partial charge is 0.477 e. The van der Waals surface area contributed by atoms with Gasteiger partial charge in [-0.15, -0.1) is 0 Å². The predicted octanol–water partition coefficient (Wildman–Crippen LogP) is 3.72. The third-order valence-electron chi connectivity index (χ3n) is 5.45. The lowest BCUT2D eigenvalue weighted by molar-refractivity contribution is -0.117. The van der Waals surface area contributed by atoms with Gasteiger partial charge in [0.1, 0.15) is 11.6 Å². The van der Waals surface area contributed by atoms with E-state index in [9.17, 15) is 10.1 Å². The molecule has 7 heteroatoms. The van der Waals surface area contributed by atoms with Crippen LogP contribution in [0.1, 0.15) is 48.3 Å². The second-order valence-electron chi connectivity index (χ2n) is 8.11. The number of nitrogens with one attached hydrogen (secondary N) is 1. The van der Waals surface area contributed by atoms with Crippen molar-refractivity contribution in [3.8, 4) is 11.9 Å². The normalized spacial score (nSPS) is 14.7. The average molecular weight is 423 g/mol. The first-order chi connectivity index (χ1) is 14.9. The highest BCUT2D eigenvalue weighted by Gasteiger charge is 2.22. The van der Waals surface area contributed by atoms with E-state index in [0.29, 0.717) is 25.0 Å². The van der Waals surface area contributed by atoms with E-state index in [4.69, 9.17) is 9.47 Å². The Balaban J connectivity index is 1.63. The van der Waals surface area contributed by atoms with Crippen LogP contribution in [-0.2, 0) is 16.1 Å². The number of hydrogen-bond donors (Lipinski definition) is 1. The molecule has 164 valence electrons. The quantitative estimate of drug-likeness (QED) is 0.466. The van der Waals surface area contributed by atoms with Crippen LogP contribution < -0.4 is 10.1 Å². The molecule has 2 aromatic heterocycles. The summed E-state index contributed by atoms with van der Waals surface area (Å²) in [5.41, 5.74) is 3.81. The highest BCUT2D eigenvalue weighted by molar-refractivity contribution is 6.01. The summed E-state index contributed by atoms with van der Waals surface area (Å²) in [7, 11) is 1.67. The Morgan fingerprint density at radius 2 is 2.19 bits per heavy atom. The highest BCUT2D eigenvalue weighted by Crippen LogP contribution is 2.29. The number of aromatic nitrogens is 2. The fraction of sp³-hybridized carbons (Fsp3) is 0.458. The second kappa shape index (κ2) is 10.3. The molecular weight excluding hydrogens is 392 g/mol. The van der Waals surface area contributed by atoms with Gasteiger partial charge in [-0.05, 0) is 62.8 Å². The molecule has 1 saturated carbocycles. The van der Waals surface area contributed by atoms with Crippen molar-refractivity contribution in [1.29, 1.82) is 5.26 Å². The highest BCUT2D eigenvalue weighted by atomic mass is 16.5. The van der Waals surface area contributed by atoms with Gasteiger partial charge in [-0.25, -0.2) is 4.98 Å². The number of carbonyl (C=O) groups is 1. The predicted molar refractivity (Wildman–Crippen MR) is 118 cm³/mol. The van der Waals surface area contributed by atoms with Gasteiger partial charge in [-0.2, -0.15) is 5.26 Å². The molecule has 1 N–H and O–H groups in total. The van der Waals surface area contributed by atoms with Crippen LogP contribution in [0.3, 0.4) is 0 Å². The van der Waals surface area contributed by atoms with E-state index in [-0.39, 0.29) is 18.2 Å². The van der Waals surface area contributed by atoms with Gasteiger partial charge in [0.15, 0.2) is 0 Å². The summed E-state index contributed by atoms with van der Waals surface area (Å²) in [5.74, 6) is 0.855. The minimum Gasteiger partial charge on any atom is -0.477 e. The Bertz CT molecular complexity index is 981. The molecule has 2 heterocycles. The number of methoxy groups -OCH3 is 1. The number of nitriles is 1. The van der Waals surface area contributed by atoms with E-state index in [1.54, 1.807) is 25.4 Å². The second-order valence-corrected chi connectivity index (χ2v) is 8.11. The number of ether oxygens (including phenoxy) is 2. The van der Waals surface area contributed by atoms with E-state index >= 15 is 0 Å². The van der Waals surface area contributed by atoms with E-state index in [0.717, 1.165) is 22.5 Å². The van der Waals surface area contributed by atoms with Crippen molar-refractivity contribution in [2.24, 2.45) is 5.92 Å². The van der Waals surface area contributed by atoms with E-state index in [2.05, 4.69) is 21.8 Å². The Morgan fingerprint density at radius 1 is 1.42 bits per heavy atom. The SMILES string of the molecule is COCC(C)n1c(C)cc(/C=C(\C#N)C(=O)NCc2ccc(OCC3CC3)nc2)c1C. The third kappa shape index (κ3) is 5.96. The summed E-state index contributed by atoms with van der Waals surface area (Å²) >= 11 is 0. The average Bonchev–Trinajstić information content (AvgIpc) is 3.54. The molecule has 0 radical (unpaired) electrons. The Hall–Kier alpha value is -3.11. The maximum absolute atomic E-state index is 12.6. The monoisotopic (exact) mass is 422 g/mol. The smallest absolute Gasteiger partial charge is 0.262 e. The van der Waals surface area contributed by atoms with Gasteiger partial charge in [0.05, 0.1) is 19.3 Å². The number of carbonyl (C=O) groups excluding carboxylic acids is 1. The zero-order valence-electron chi connectivity index (χ0n) is 18.6. The molecule has 1 unspecified atom stereocenters. The van der Waals surface area contributed by atoms with Gasteiger partial charge < -0.3 is 19.4 Å². The van der Waals surface area contributed by atoms with Crippen LogP contribution in [-0.4, -0.2) is 35.8 Å². The van der Waals surface area contributed by atoms with Crippen molar-refractivity contribution in [1.82, 2.24) is 14.9 Å². The number of amides is 1. The molecule has 3 rings (SSSR count). The topological polar surface area (TPSA) is 89.2 Å². The molecule has 7 nitrogen and oxygen atoms in total. The zero-order chi connectivity index (χ0) is 22.4. The van der Waals surface area contributed by atoms with Crippen LogP contribution in [0.4, 0.5) is 0 Å². The van der Waals surface area contributed by atoms with Crippen molar-refractivity contribution in [3.05, 3.63) is 52.5 Å². The minimum absolute atomic E-state index is 0.0667. The van der Waals surface area contributed by atoms with Crippen molar-refractivity contribution in [2.75, 3.05) is 20.3 Å². The number of nitrogens with zero attached hydrogens (tertiary/aromatic N) is 3. The van der Waals surface area contributed by atoms with Gasteiger partial charge in [0, 0.05) is 37.3 Å². The van der Waals surface area contributed by atoms with Crippen molar-refractivity contribution < 1.29 is 14.3 Å². The van der Waals surface area contributed by atoms with Crippen LogP contribution in [0, 0.1) is 31.1 Å². The van der Waals surface area contributed by atoms with E-state index in [1.807, 2.05) is 32.0 Å². The fourth-order valence-corrected chi connectivity index (χ4v) is 3.61. The Labute approximate surface area is 183 Å². The first kappa shape index (κ1) is 22.6. The summed E-state index contributed by atoms with van der Waals surface area (Å²) in [6, 6.07) is 7.84. The van der Waals surface area contributed by atoms with Gasteiger partial charge in [0.2, 0.25) is 5.88 Å². The molecule has 31 heavy (non-hydrogen) atoms. The molecule has 0 aliphatic heterocycles. The molecule has 1 aliphatic rings. The molecule has 0 spiro atoms. The number of pyridine rings is 1. The molecule has 1 fully saturated rings. The number of aryl methyl sites for hydroxylation is 1. The molecule has 2 aromatic rings. The van der Waals surface area contributed by atoms with Crippen molar-refractivity contribution in [3.63, 3.8) is 0 Å². The van der Waals surface area contributed by atoms with Crippen LogP contribution in [0.15, 0.2) is 30.0 Å². The lowest BCUT2D eigenvalue weighted by Crippen LogP contribution is -2.24. The molecule has 1 aliphatic carbocycles. The summed E-state index contributed by atoms with van der Waals surface area (Å²) in [5, 5.41) is 12.3. The van der Waals surface area contributed by atoms with Crippen LogP contribution in [0.5, 0.6) is 5.88 Å². The van der Waals surface area contributed by atoms with Gasteiger partial charge in [0.25, 0.3) is 5.91 Å². The van der Waals surface area contributed by atoms with Gasteiger partial charge >= 0.3 is 0 Å². The lowest BCUT2D eigenvalue weighted by atomic mass is 10.1. The lowest BCUT2D eigenvalue weighted by Gasteiger charge is -2.17. The van der Waals surface area contributed by atoms with Crippen LogP contribution in [0.2, 0.25) is 0 Å². The maximum Gasteiger partial charge on any atom is 0.262 e. The zero-order valence-corrected chi connectivity index (χ0v) is 18.6. The summed E-state index contributed by atoms with van der Waals surface area (Å²) in [6.07, 6.45) is 5.79. The summed E-state index contributed by atoms with van der Waals surface area (Å²) in [6.45, 7) is 7.65. The van der Waals surface area contributed by atoms with Gasteiger partial charge in [-0.3, -0.25) is 4.79 Å². The molecule has 0 saturated heterocycles. The molecule has 1 amide bonds. The number of rotatable bonds is 10. The van der Waals surface area contributed by atoms with Crippen molar-refractivity contribution in [2.45, 2.75) is 46.2 Å². The standard InChI is InChI=1S/C24H30N4O3/c1-16-9-21(18(3)28(16)17(2)14-30-4)10-22(11-25)24(29)27-13-20-7-8-23(26-12-20)31-15-19-5-6-19/h7-10,12,17,19H,5-6,13-15H2,1-4H3,(H,27,29)/b22-10+.